The summed E-state index contributed by atoms with van der Waals surface area (Å²) in [5.41, 5.74) is 3.12. The molecule has 0 aliphatic rings. The highest BCUT2D eigenvalue weighted by molar-refractivity contribution is 6.38. The lowest BCUT2D eigenvalue weighted by Gasteiger charge is -2.21. The number of imidazole rings is 1. The molecular weight excluding hydrogens is 659 g/mol. The number of ether oxygens (including phenoxy) is 3. The molecule has 12 nitrogen and oxygen atoms in total. The van der Waals surface area contributed by atoms with Crippen LogP contribution in [0.15, 0.2) is 67.1 Å². The number of amides is 1. The first-order chi connectivity index (χ1) is 23.1. The fourth-order valence-electron chi connectivity index (χ4n) is 4.82. The van der Waals surface area contributed by atoms with E-state index in [-0.39, 0.29) is 60.7 Å². The number of hydrogen-bond acceptors (Lipinski definition) is 10. The van der Waals surface area contributed by atoms with Crippen molar-refractivity contribution in [1.82, 2.24) is 24.5 Å². The smallest absolute Gasteiger partial charge is 0.297 e. The Hall–Kier alpha value is -5.07. The fourth-order valence-corrected chi connectivity index (χ4v) is 5.43. The van der Waals surface area contributed by atoms with E-state index in [2.05, 4.69) is 19.9 Å². The minimum atomic E-state index is -0.327. The van der Waals surface area contributed by atoms with E-state index < -0.39 is 0 Å². The van der Waals surface area contributed by atoms with Crippen LogP contribution in [0.4, 0.5) is 5.69 Å². The van der Waals surface area contributed by atoms with Crippen LogP contribution in [-0.4, -0.2) is 62.7 Å². The summed E-state index contributed by atoms with van der Waals surface area (Å²) in [6.45, 7) is 1.64. The number of benzene rings is 2. The zero-order valence-electron chi connectivity index (χ0n) is 26.5. The van der Waals surface area contributed by atoms with E-state index in [0.29, 0.717) is 45.9 Å². The molecule has 248 valence electrons. The Morgan fingerprint density at radius 2 is 1.73 bits per heavy atom. The Balaban J connectivity index is 1.22. The molecule has 14 heteroatoms. The maximum Gasteiger partial charge on any atom is 0.297 e. The Labute approximate surface area is 286 Å². The normalized spacial score (nSPS) is 10.9. The van der Waals surface area contributed by atoms with Gasteiger partial charge in [-0.15, -0.1) is 0 Å². The van der Waals surface area contributed by atoms with Crippen LogP contribution in [0.25, 0.3) is 11.0 Å². The molecule has 3 aromatic heterocycles. The molecule has 0 radical (unpaired) electrons. The Bertz CT molecular complexity index is 1930. The van der Waals surface area contributed by atoms with Gasteiger partial charge >= 0.3 is 0 Å². The molecule has 5 rings (SSSR count). The average Bonchev–Trinajstić information content (AvgIpc) is 3.44. The van der Waals surface area contributed by atoms with Gasteiger partial charge in [0.15, 0.2) is 11.5 Å². The number of hydrogen-bond donors (Lipinski definition) is 0. The van der Waals surface area contributed by atoms with E-state index in [9.17, 15) is 14.4 Å². The molecule has 0 saturated carbocycles. The second kappa shape index (κ2) is 15.7. The maximum atomic E-state index is 13.1. The summed E-state index contributed by atoms with van der Waals surface area (Å²) < 4.78 is 19.1. The third-order valence-electron chi connectivity index (χ3n) is 7.32. The van der Waals surface area contributed by atoms with E-state index in [1.165, 1.54) is 24.2 Å². The number of carbonyl (C=O) groups excluding carboxylic acids is 3. The minimum absolute atomic E-state index is 0.00264. The largest absolute Gasteiger partial charge is 0.486 e. The van der Waals surface area contributed by atoms with Crippen molar-refractivity contribution in [3.63, 3.8) is 0 Å². The summed E-state index contributed by atoms with van der Waals surface area (Å²) >= 11 is 13.3. The molecule has 0 fully saturated rings. The van der Waals surface area contributed by atoms with Crippen molar-refractivity contribution >= 4 is 57.4 Å². The highest BCUT2D eigenvalue weighted by Crippen LogP contribution is 2.36. The van der Waals surface area contributed by atoms with Gasteiger partial charge in [0.05, 0.1) is 54.4 Å². The molecule has 48 heavy (non-hydrogen) atoms. The molecule has 0 bridgehead atoms. The van der Waals surface area contributed by atoms with Crippen molar-refractivity contribution in [3.05, 3.63) is 94.2 Å². The number of carbonyl (C=O) groups is 3. The van der Waals surface area contributed by atoms with E-state index in [1.807, 2.05) is 34.9 Å². The molecule has 0 unspecified atom stereocenters. The van der Waals surface area contributed by atoms with Crippen LogP contribution in [0, 0.1) is 0 Å². The highest BCUT2D eigenvalue weighted by atomic mass is 35.5. The van der Waals surface area contributed by atoms with Gasteiger partial charge in [0.2, 0.25) is 5.91 Å². The van der Waals surface area contributed by atoms with Gasteiger partial charge in [-0.3, -0.25) is 23.9 Å². The molecule has 0 spiro atoms. The van der Waals surface area contributed by atoms with Crippen LogP contribution < -0.4 is 19.1 Å². The summed E-state index contributed by atoms with van der Waals surface area (Å²) in [6.07, 6.45) is 4.53. The van der Waals surface area contributed by atoms with E-state index >= 15 is 0 Å². The number of rotatable bonds is 15. The molecule has 0 atom stereocenters. The number of halogens is 2. The lowest BCUT2D eigenvalue weighted by atomic mass is 10.1. The molecule has 2 aromatic carbocycles. The highest BCUT2D eigenvalue weighted by Gasteiger charge is 2.21. The molecule has 0 aliphatic carbocycles. The van der Waals surface area contributed by atoms with Crippen molar-refractivity contribution in [3.8, 4) is 17.5 Å². The second-order valence-electron chi connectivity index (χ2n) is 10.8. The summed E-state index contributed by atoms with van der Waals surface area (Å²) in [5, 5.41) is 0.604. The van der Waals surface area contributed by atoms with Crippen LogP contribution in [0.2, 0.25) is 10.0 Å². The third kappa shape index (κ3) is 8.25. The Morgan fingerprint density at radius 1 is 0.938 bits per heavy atom. The molecule has 0 N–H and O–H groups in total. The monoisotopic (exact) mass is 690 g/mol. The summed E-state index contributed by atoms with van der Waals surface area (Å²) in [5.74, 6) is 0.476. The lowest BCUT2D eigenvalue weighted by Crippen LogP contribution is -2.27. The van der Waals surface area contributed by atoms with Crippen LogP contribution in [0.5, 0.6) is 17.5 Å². The van der Waals surface area contributed by atoms with Crippen LogP contribution in [0.3, 0.4) is 0 Å². The SMILES string of the molecule is COc1nc2c(OCc3c(Cl)ccc(N(C)C(=O)CCC(=O)COc4cnc(CC(C)=O)nc4)c3Cl)cccc2n1Cc1ccccn1. The van der Waals surface area contributed by atoms with Crippen molar-refractivity contribution in [2.75, 3.05) is 25.7 Å². The van der Waals surface area contributed by atoms with Crippen molar-refractivity contribution in [2.24, 2.45) is 0 Å². The van der Waals surface area contributed by atoms with Crippen LogP contribution in [0.1, 0.15) is 36.8 Å². The van der Waals surface area contributed by atoms with Gasteiger partial charge in [-0.2, -0.15) is 4.98 Å². The van der Waals surface area contributed by atoms with Gasteiger partial charge in [0, 0.05) is 36.7 Å². The van der Waals surface area contributed by atoms with Crippen LogP contribution >= 0.6 is 23.2 Å². The summed E-state index contributed by atoms with van der Waals surface area (Å²) in [6, 6.07) is 14.9. The summed E-state index contributed by atoms with van der Waals surface area (Å²) in [7, 11) is 3.13. The lowest BCUT2D eigenvalue weighted by molar-refractivity contribution is -0.125. The Morgan fingerprint density at radius 3 is 2.44 bits per heavy atom. The Kier molecular flexibility index (Phi) is 11.2. The fraction of sp³-hybridized carbons (Fsp3) is 0.265. The predicted molar refractivity (Wildman–Crippen MR) is 180 cm³/mol. The number of pyridine rings is 1. The second-order valence-corrected chi connectivity index (χ2v) is 11.6. The van der Waals surface area contributed by atoms with E-state index in [1.54, 1.807) is 38.6 Å². The molecule has 3 heterocycles. The standard InChI is InChI=1S/C34H32Cl2N6O6/c1-21(43)15-30-38-16-24(17-39-30)47-19-23(44)10-13-31(45)41(2)27-12-11-26(35)25(32(27)36)20-48-29-9-6-8-28-33(29)40-34(46-3)42(28)18-22-7-4-5-14-37-22/h4-9,11-12,14,16-17H,10,13,15,18-20H2,1-3H3. The van der Waals surface area contributed by atoms with Gasteiger partial charge in [-0.25, -0.2) is 9.97 Å². The number of ketones is 2. The number of aromatic nitrogens is 5. The van der Waals surface area contributed by atoms with Gasteiger partial charge in [0.1, 0.15) is 36.1 Å². The molecule has 5 aromatic rings. The van der Waals surface area contributed by atoms with Crippen LogP contribution in [-0.2, 0) is 34.0 Å². The first-order valence-corrected chi connectivity index (χ1v) is 15.6. The molecular formula is C34H32Cl2N6O6. The minimum Gasteiger partial charge on any atom is -0.486 e. The zero-order chi connectivity index (χ0) is 34.2. The number of nitrogens with zero attached hydrogens (tertiary/aromatic N) is 6. The molecule has 0 saturated heterocycles. The van der Waals surface area contributed by atoms with E-state index in [0.717, 1.165) is 11.2 Å². The van der Waals surface area contributed by atoms with Gasteiger partial charge in [-0.1, -0.05) is 35.3 Å². The van der Waals surface area contributed by atoms with Gasteiger partial charge in [-0.05, 0) is 43.3 Å². The number of anilines is 1. The molecule has 1 amide bonds. The first kappa shape index (κ1) is 34.3. The third-order valence-corrected chi connectivity index (χ3v) is 8.09. The van der Waals surface area contributed by atoms with Gasteiger partial charge < -0.3 is 19.1 Å². The number of Topliss-reactive ketones (excluding diaryl/α,β-unsaturated/α-hetero) is 2. The number of fused-ring (bicyclic) bond motifs is 1. The zero-order valence-corrected chi connectivity index (χ0v) is 28.0. The van der Waals surface area contributed by atoms with Crippen molar-refractivity contribution < 1.29 is 28.6 Å². The molecule has 0 aliphatic heterocycles. The number of methoxy groups -OCH3 is 1. The summed E-state index contributed by atoms with van der Waals surface area (Å²) in [4.78, 5) is 55.2. The quantitative estimate of drug-likeness (QED) is 0.135. The maximum absolute atomic E-state index is 13.1. The average molecular weight is 692 g/mol. The topological polar surface area (TPSA) is 139 Å². The number of para-hydroxylation sites is 1. The predicted octanol–water partition coefficient (Wildman–Crippen LogP) is 5.69. The van der Waals surface area contributed by atoms with Gasteiger partial charge in [0.25, 0.3) is 6.01 Å². The van der Waals surface area contributed by atoms with E-state index in [4.69, 9.17) is 37.4 Å². The van der Waals surface area contributed by atoms with Crippen molar-refractivity contribution in [1.29, 1.82) is 0 Å². The first-order valence-electron chi connectivity index (χ1n) is 14.9. The van der Waals surface area contributed by atoms with Crippen molar-refractivity contribution in [2.45, 2.75) is 39.3 Å².